The van der Waals surface area contributed by atoms with Gasteiger partial charge in [0.2, 0.25) is 10.0 Å². The molecule has 0 aliphatic carbocycles. The van der Waals surface area contributed by atoms with Crippen LogP contribution in [-0.4, -0.2) is 58.8 Å². The molecule has 1 unspecified atom stereocenters. The molecule has 1 aliphatic rings. The highest BCUT2D eigenvalue weighted by Gasteiger charge is 2.27. The maximum atomic E-state index is 12.9. The number of hydrogen-bond acceptors (Lipinski definition) is 5. The summed E-state index contributed by atoms with van der Waals surface area (Å²) in [6, 6.07) is 13.2. The summed E-state index contributed by atoms with van der Waals surface area (Å²) in [5.74, 6) is 0.621. The van der Waals surface area contributed by atoms with E-state index in [1.54, 1.807) is 25.3 Å². The summed E-state index contributed by atoms with van der Waals surface area (Å²) in [6.45, 7) is 6.79. The number of rotatable bonds is 9. The van der Waals surface area contributed by atoms with Crippen molar-refractivity contribution in [1.29, 1.82) is 0 Å². The summed E-state index contributed by atoms with van der Waals surface area (Å²) in [6.07, 6.45) is 1.81. The molecule has 3 rings (SSSR count). The number of sulfonamides is 1. The van der Waals surface area contributed by atoms with Gasteiger partial charge in [-0.1, -0.05) is 26.0 Å². The molecule has 1 aliphatic heterocycles. The van der Waals surface area contributed by atoms with Gasteiger partial charge in [-0.3, -0.25) is 14.0 Å². The SMILES string of the molecule is CCN(CC)C(CNC(=O)c1ccc2c(c1)CCN2S(C)(=O)=O)c1cccc(OC)c1. The number of amides is 1. The first-order valence-electron chi connectivity index (χ1n) is 10.5. The number of fused-ring (bicyclic) bond motifs is 1. The fourth-order valence-corrected chi connectivity index (χ4v) is 5.08. The van der Waals surface area contributed by atoms with Gasteiger partial charge < -0.3 is 10.1 Å². The van der Waals surface area contributed by atoms with E-state index in [1.165, 1.54) is 10.6 Å². The Morgan fingerprint density at radius 2 is 1.94 bits per heavy atom. The standard InChI is InChI=1S/C23H31N3O4S/c1-5-25(6-2)22(17-8-7-9-20(15-17)30-3)16-24-23(27)19-10-11-21-18(14-19)12-13-26(21)31(4,28)29/h7-11,14-15,22H,5-6,12-13,16H2,1-4H3,(H,24,27). The van der Waals surface area contributed by atoms with Crippen LogP contribution in [0.3, 0.4) is 0 Å². The molecule has 2 aromatic rings. The Morgan fingerprint density at radius 3 is 2.58 bits per heavy atom. The smallest absolute Gasteiger partial charge is 0.251 e. The Labute approximate surface area is 185 Å². The van der Waals surface area contributed by atoms with E-state index in [4.69, 9.17) is 4.74 Å². The number of anilines is 1. The van der Waals surface area contributed by atoms with E-state index in [2.05, 4.69) is 24.1 Å². The molecule has 1 N–H and O–H groups in total. The number of benzene rings is 2. The summed E-state index contributed by atoms with van der Waals surface area (Å²) in [7, 11) is -1.66. The molecule has 0 saturated heterocycles. The normalized spacial score (nSPS) is 14.4. The summed E-state index contributed by atoms with van der Waals surface area (Å²) in [5, 5.41) is 3.06. The molecule has 7 nitrogen and oxygen atoms in total. The molecule has 31 heavy (non-hydrogen) atoms. The Kier molecular flexibility index (Phi) is 7.23. The highest BCUT2D eigenvalue weighted by molar-refractivity contribution is 7.92. The first-order valence-corrected chi connectivity index (χ1v) is 12.4. The lowest BCUT2D eigenvalue weighted by Crippen LogP contribution is -2.38. The Hall–Kier alpha value is -2.58. The number of nitrogens with zero attached hydrogens (tertiary/aromatic N) is 2. The van der Waals surface area contributed by atoms with Crippen LogP contribution >= 0.6 is 0 Å². The monoisotopic (exact) mass is 445 g/mol. The minimum Gasteiger partial charge on any atom is -0.497 e. The molecule has 1 atom stereocenters. The van der Waals surface area contributed by atoms with Crippen LogP contribution < -0.4 is 14.4 Å². The summed E-state index contributed by atoms with van der Waals surface area (Å²) in [4.78, 5) is 15.2. The van der Waals surface area contributed by atoms with Crippen molar-refractivity contribution < 1.29 is 17.9 Å². The van der Waals surface area contributed by atoms with Crippen LogP contribution in [0.5, 0.6) is 5.75 Å². The zero-order chi connectivity index (χ0) is 22.6. The Balaban J connectivity index is 1.77. The van der Waals surface area contributed by atoms with Crippen molar-refractivity contribution in [3.05, 3.63) is 59.2 Å². The fourth-order valence-electron chi connectivity index (χ4n) is 4.12. The Morgan fingerprint density at radius 1 is 1.19 bits per heavy atom. The van der Waals surface area contributed by atoms with Gasteiger partial charge in [-0.15, -0.1) is 0 Å². The average Bonchev–Trinajstić information content (AvgIpc) is 3.20. The summed E-state index contributed by atoms with van der Waals surface area (Å²) >= 11 is 0. The van der Waals surface area contributed by atoms with Crippen LogP contribution in [-0.2, 0) is 16.4 Å². The van der Waals surface area contributed by atoms with Crippen LogP contribution in [0.25, 0.3) is 0 Å². The van der Waals surface area contributed by atoms with E-state index in [9.17, 15) is 13.2 Å². The maximum absolute atomic E-state index is 12.9. The second-order valence-electron chi connectivity index (χ2n) is 7.65. The van der Waals surface area contributed by atoms with Crippen molar-refractivity contribution in [3.8, 4) is 5.75 Å². The van der Waals surface area contributed by atoms with Crippen molar-refractivity contribution >= 4 is 21.6 Å². The lowest BCUT2D eigenvalue weighted by atomic mass is 10.0. The van der Waals surface area contributed by atoms with Gasteiger partial charge in [-0.25, -0.2) is 8.42 Å². The molecular weight excluding hydrogens is 414 g/mol. The van der Waals surface area contributed by atoms with Crippen LogP contribution in [0.15, 0.2) is 42.5 Å². The van der Waals surface area contributed by atoms with Crippen LogP contribution in [0, 0.1) is 0 Å². The predicted molar refractivity (Wildman–Crippen MR) is 123 cm³/mol. The number of carbonyl (C=O) groups excluding carboxylic acids is 1. The van der Waals surface area contributed by atoms with Gasteiger partial charge in [0.05, 0.1) is 25.1 Å². The molecule has 0 bridgehead atoms. The predicted octanol–water partition coefficient (Wildman–Crippen LogP) is 2.83. The van der Waals surface area contributed by atoms with Gasteiger partial charge in [0.1, 0.15) is 5.75 Å². The zero-order valence-electron chi connectivity index (χ0n) is 18.6. The minimum absolute atomic E-state index is 0.0178. The van der Waals surface area contributed by atoms with Gasteiger partial charge in [0.25, 0.3) is 5.91 Å². The average molecular weight is 446 g/mol. The molecule has 1 amide bonds. The van der Waals surface area contributed by atoms with Crippen molar-refractivity contribution in [2.24, 2.45) is 0 Å². The summed E-state index contributed by atoms with van der Waals surface area (Å²) < 4.78 is 30.6. The number of carbonyl (C=O) groups is 1. The summed E-state index contributed by atoms with van der Waals surface area (Å²) in [5.41, 5.74) is 3.17. The lowest BCUT2D eigenvalue weighted by Gasteiger charge is -2.30. The molecule has 168 valence electrons. The van der Waals surface area contributed by atoms with E-state index in [-0.39, 0.29) is 11.9 Å². The zero-order valence-corrected chi connectivity index (χ0v) is 19.4. The molecule has 0 fully saturated rings. The fraction of sp³-hybridized carbons (Fsp3) is 0.435. The highest BCUT2D eigenvalue weighted by Crippen LogP contribution is 2.31. The highest BCUT2D eigenvalue weighted by atomic mass is 32.2. The van der Waals surface area contributed by atoms with E-state index in [0.29, 0.717) is 30.8 Å². The number of nitrogens with one attached hydrogen (secondary N) is 1. The molecule has 8 heteroatoms. The van der Waals surface area contributed by atoms with Crippen molar-refractivity contribution in [2.45, 2.75) is 26.3 Å². The van der Waals surface area contributed by atoms with E-state index in [0.717, 1.165) is 30.0 Å². The van der Waals surface area contributed by atoms with Crippen LogP contribution in [0.2, 0.25) is 0 Å². The largest absolute Gasteiger partial charge is 0.497 e. The second kappa shape index (κ2) is 9.70. The van der Waals surface area contributed by atoms with Crippen LogP contribution in [0.4, 0.5) is 5.69 Å². The molecule has 0 aromatic heterocycles. The van der Waals surface area contributed by atoms with E-state index in [1.807, 2.05) is 24.3 Å². The topological polar surface area (TPSA) is 79.0 Å². The third-order valence-corrected chi connectivity index (χ3v) is 6.96. The van der Waals surface area contributed by atoms with Gasteiger partial charge in [0, 0.05) is 18.7 Å². The van der Waals surface area contributed by atoms with Crippen molar-refractivity contribution in [1.82, 2.24) is 10.2 Å². The number of ether oxygens (including phenoxy) is 1. The lowest BCUT2D eigenvalue weighted by molar-refractivity contribution is 0.0935. The van der Waals surface area contributed by atoms with Gasteiger partial charge in [0.15, 0.2) is 0 Å². The van der Waals surface area contributed by atoms with Gasteiger partial charge >= 0.3 is 0 Å². The van der Waals surface area contributed by atoms with Gasteiger partial charge in [-0.05, 0) is 61.0 Å². The number of methoxy groups -OCH3 is 1. The molecule has 1 heterocycles. The Bertz CT molecular complexity index is 1030. The quantitative estimate of drug-likeness (QED) is 0.642. The first kappa shape index (κ1) is 23.1. The number of hydrogen-bond donors (Lipinski definition) is 1. The molecular formula is C23H31N3O4S. The molecule has 0 saturated carbocycles. The third-order valence-electron chi connectivity index (χ3n) is 5.78. The molecule has 0 spiro atoms. The minimum atomic E-state index is -3.31. The second-order valence-corrected chi connectivity index (χ2v) is 9.56. The molecule has 0 radical (unpaired) electrons. The van der Waals surface area contributed by atoms with E-state index >= 15 is 0 Å². The van der Waals surface area contributed by atoms with E-state index < -0.39 is 10.0 Å². The van der Waals surface area contributed by atoms with Crippen molar-refractivity contribution in [3.63, 3.8) is 0 Å². The third kappa shape index (κ3) is 5.19. The molecule has 2 aromatic carbocycles. The number of likely N-dealkylation sites (N-methyl/N-ethyl adjacent to an activating group) is 1. The van der Waals surface area contributed by atoms with Crippen LogP contribution in [0.1, 0.15) is 41.4 Å². The first-order chi connectivity index (χ1) is 14.8. The maximum Gasteiger partial charge on any atom is 0.251 e. The van der Waals surface area contributed by atoms with Gasteiger partial charge in [-0.2, -0.15) is 0 Å². The van der Waals surface area contributed by atoms with Crippen molar-refractivity contribution in [2.75, 3.05) is 43.8 Å².